The van der Waals surface area contributed by atoms with E-state index in [9.17, 15) is 22.8 Å². The number of H-pyrrole nitrogens is 1. The van der Waals surface area contributed by atoms with Crippen molar-refractivity contribution in [1.82, 2.24) is 24.2 Å². The number of aromatic amines is 1. The first-order valence-corrected chi connectivity index (χ1v) is 12.8. The molecule has 1 aliphatic rings. The fourth-order valence-corrected chi connectivity index (χ4v) is 5.40. The van der Waals surface area contributed by atoms with E-state index in [1.807, 2.05) is 25.4 Å². The molecule has 2 aromatic heterocycles. The fraction of sp³-hybridized carbons (Fsp3) is 0.231. The van der Waals surface area contributed by atoms with Crippen LogP contribution in [-0.2, 0) is 26.2 Å². The number of nitrogens with one attached hydrogen (secondary N) is 1. The van der Waals surface area contributed by atoms with Crippen LogP contribution in [-0.4, -0.2) is 36.2 Å². The first-order chi connectivity index (χ1) is 17.9. The lowest BCUT2D eigenvalue weighted by molar-refractivity contribution is -0.138. The van der Waals surface area contributed by atoms with Crippen LogP contribution in [0.3, 0.4) is 0 Å². The number of carbonyl (C=O) groups is 1. The Labute approximate surface area is 228 Å². The Kier molecular flexibility index (Phi) is 6.64. The van der Waals surface area contributed by atoms with Crippen LogP contribution in [0.15, 0.2) is 64.1 Å². The van der Waals surface area contributed by atoms with Gasteiger partial charge in [-0.3, -0.25) is 18.8 Å². The zero-order valence-corrected chi connectivity index (χ0v) is 22.6. The van der Waals surface area contributed by atoms with Gasteiger partial charge in [-0.1, -0.05) is 28.1 Å². The van der Waals surface area contributed by atoms with Gasteiger partial charge < -0.3 is 9.88 Å². The van der Waals surface area contributed by atoms with Gasteiger partial charge in [0.1, 0.15) is 0 Å². The first kappa shape index (κ1) is 26.1. The van der Waals surface area contributed by atoms with Gasteiger partial charge in [0.15, 0.2) is 4.77 Å². The molecule has 0 bridgehead atoms. The highest BCUT2D eigenvalue weighted by Gasteiger charge is 2.35. The Bertz CT molecular complexity index is 1670. The number of nitrogens with zero attached hydrogens (tertiary/aromatic N) is 4. The number of benzene rings is 2. The van der Waals surface area contributed by atoms with E-state index >= 15 is 0 Å². The molecule has 0 aliphatic carbocycles. The predicted octanol–water partition coefficient (Wildman–Crippen LogP) is 5.66. The Hall–Kier alpha value is -3.51. The van der Waals surface area contributed by atoms with Crippen molar-refractivity contribution < 1.29 is 18.0 Å². The van der Waals surface area contributed by atoms with Gasteiger partial charge in [-0.05, 0) is 61.5 Å². The highest BCUT2D eigenvalue weighted by atomic mass is 79.9. The van der Waals surface area contributed by atoms with Crippen LogP contribution in [0.25, 0.3) is 16.8 Å². The summed E-state index contributed by atoms with van der Waals surface area (Å²) in [6.07, 6.45) is -0.748. The molecule has 1 aliphatic heterocycles. The molecule has 0 fully saturated rings. The molecule has 0 saturated carbocycles. The third-order valence-electron chi connectivity index (χ3n) is 6.59. The molecule has 7 nitrogen and oxygen atoms in total. The molecule has 3 heterocycles. The number of amides is 1. The normalized spacial score (nSPS) is 15.4. The summed E-state index contributed by atoms with van der Waals surface area (Å²) in [4.78, 5) is 31.3. The van der Waals surface area contributed by atoms with Crippen LogP contribution < -0.4 is 5.56 Å². The molecule has 38 heavy (non-hydrogen) atoms. The number of aromatic nitrogens is 4. The average Bonchev–Trinajstić information content (AvgIpc) is 3.30. The van der Waals surface area contributed by atoms with Gasteiger partial charge in [0.05, 0.1) is 24.0 Å². The standard InChI is InChI=1S/C26H21BrF3N5O2S/c1-14-9-19-22(13-34(14)23(36)16-5-8-21(27)20(10-16)26(28,29)30)32-25(38)35(24(19)37)18-6-3-15(4-7-18)17-11-31-33(2)12-17/h3-8,10-12,14H,9,13H2,1-2H3,(H,32,38)/t14-/m1/s1. The summed E-state index contributed by atoms with van der Waals surface area (Å²) < 4.78 is 43.2. The molecule has 12 heteroatoms. The van der Waals surface area contributed by atoms with E-state index in [1.165, 1.54) is 21.6 Å². The summed E-state index contributed by atoms with van der Waals surface area (Å²) in [5, 5.41) is 4.17. The van der Waals surface area contributed by atoms with Crippen molar-refractivity contribution in [3.63, 3.8) is 0 Å². The minimum Gasteiger partial charge on any atom is -0.333 e. The second-order valence-electron chi connectivity index (χ2n) is 9.16. The smallest absolute Gasteiger partial charge is 0.333 e. The summed E-state index contributed by atoms with van der Waals surface area (Å²) in [7, 11) is 1.83. The van der Waals surface area contributed by atoms with E-state index in [-0.39, 0.29) is 33.3 Å². The summed E-state index contributed by atoms with van der Waals surface area (Å²) >= 11 is 8.40. The quantitative estimate of drug-likeness (QED) is 0.306. The summed E-state index contributed by atoms with van der Waals surface area (Å²) in [6.45, 7) is 1.78. The molecule has 4 aromatic rings. The molecule has 1 N–H and O–H groups in total. The van der Waals surface area contributed by atoms with E-state index in [0.29, 0.717) is 16.9 Å². The number of carbonyl (C=O) groups excluding carboxylic acids is 1. The highest BCUT2D eigenvalue weighted by Crippen LogP contribution is 2.36. The highest BCUT2D eigenvalue weighted by molar-refractivity contribution is 9.10. The van der Waals surface area contributed by atoms with E-state index in [1.54, 1.807) is 29.9 Å². The van der Waals surface area contributed by atoms with Crippen LogP contribution >= 0.6 is 28.1 Å². The summed E-state index contributed by atoms with van der Waals surface area (Å²) in [5.41, 5.74) is 2.12. The molecule has 0 saturated heterocycles. The maximum absolute atomic E-state index is 13.5. The molecule has 196 valence electrons. The largest absolute Gasteiger partial charge is 0.417 e. The SMILES string of the molecule is C[C@@H]1Cc2c([nH]c(=S)n(-c3ccc(-c4cnn(C)c4)cc3)c2=O)CN1C(=O)c1ccc(Br)c(C(F)(F)F)c1. The Morgan fingerprint density at radius 1 is 1.16 bits per heavy atom. The van der Waals surface area contributed by atoms with Crippen molar-refractivity contribution in [2.24, 2.45) is 7.05 Å². The first-order valence-electron chi connectivity index (χ1n) is 11.6. The van der Waals surface area contributed by atoms with Gasteiger partial charge in [0.25, 0.3) is 11.5 Å². The van der Waals surface area contributed by atoms with Gasteiger partial charge in [-0.25, -0.2) is 0 Å². The minimum atomic E-state index is -4.61. The second kappa shape index (κ2) is 9.66. The Balaban J connectivity index is 1.46. The van der Waals surface area contributed by atoms with Gasteiger partial charge in [-0.2, -0.15) is 18.3 Å². The lowest BCUT2D eigenvalue weighted by Crippen LogP contribution is -2.45. The summed E-state index contributed by atoms with van der Waals surface area (Å²) in [5.74, 6) is -0.560. The lowest BCUT2D eigenvalue weighted by atomic mass is 9.98. The second-order valence-corrected chi connectivity index (χ2v) is 10.4. The molecule has 0 unspecified atom stereocenters. The maximum Gasteiger partial charge on any atom is 0.417 e. The van der Waals surface area contributed by atoms with Crippen LogP contribution in [0.2, 0.25) is 0 Å². The van der Waals surface area contributed by atoms with Gasteiger partial charge >= 0.3 is 6.18 Å². The molecule has 0 spiro atoms. The van der Waals surface area contributed by atoms with Crippen molar-refractivity contribution >= 4 is 34.1 Å². The molecular weight excluding hydrogens is 583 g/mol. The Morgan fingerprint density at radius 3 is 2.50 bits per heavy atom. The molecular formula is C26H21BrF3N5O2S. The van der Waals surface area contributed by atoms with Gasteiger partial charge in [0.2, 0.25) is 0 Å². The van der Waals surface area contributed by atoms with E-state index in [2.05, 4.69) is 26.0 Å². The number of rotatable bonds is 3. The average molecular weight is 604 g/mol. The number of hydrogen-bond acceptors (Lipinski definition) is 4. The van der Waals surface area contributed by atoms with Crippen molar-refractivity contribution in [2.75, 3.05) is 0 Å². The lowest BCUT2D eigenvalue weighted by Gasteiger charge is -2.34. The Morgan fingerprint density at radius 2 is 1.87 bits per heavy atom. The number of aryl methyl sites for hydroxylation is 1. The number of fused-ring (bicyclic) bond motifs is 1. The van der Waals surface area contributed by atoms with Crippen molar-refractivity contribution in [1.29, 1.82) is 0 Å². The van der Waals surface area contributed by atoms with Crippen LogP contribution in [0.5, 0.6) is 0 Å². The number of halogens is 4. The molecule has 0 radical (unpaired) electrons. The van der Waals surface area contributed by atoms with Crippen LogP contribution in [0, 0.1) is 4.77 Å². The fourth-order valence-electron chi connectivity index (χ4n) is 4.62. The predicted molar refractivity (Wildman–Crippen MR) is 142 cm³/mol. The number of hydrogen-bond donors (Lipinski definition) is 1. The molecule has 2 aromatic carbocycles. The van der Waals surface area contributed by atoms with E-state index < -0.39 is 23.7 Å². The van der Waals surface area contributed by atoms with Crippen LogP contribution in [0.1, 0.15) is 34.1 Å². The van der Waals surface area contributed by atoms with Crippen LogP contribution in [0.4, 0.5) is 13.2 Å². The van der Waals surface area contributed by atoms with E-state index in [4.69, 9.17) is 12.2 Å². The monoisotopic (exact) mass is 603 g/mol. The molecule has 1 atom stereocenters. The molecule has 5 rings (SSSR count). The van der Waals surface area contributed by atoms with Crippen molar-refractivity contribution in [3.8, 4) is 16.8 Å². The third-order valence-corrected chi connectivity index (χ3v) is 7.57. The number of alkyl halides is 3. The zero-order valence-electron chi connectivity index (χ0n) is 20.2. The van der Waals surface area contributed by atoms with Gasteiger partial charge in [0, 0.05) is 46.1 Å². The zero-order chi connectivity index (χ0) is 27.4. The van der Waals surface area contributed by atoms with E-state index in [0.717, 1.165) is 17.2 Å². The van der Waals surface area contributed by atoms with Crippen molar-refractivity contribution in [3.05, 3.63) is 96.8 Å². The van der Waals surface area contributed by atoms with Crippen molar-refractivity contribution in [2.45, 2.75) is 32.1 Å². The topological polar surface area (TPSA) is 75.9 Å². The maximum atomic E-state index is 13.5. The van der Waals surface area contributed by atoms with Gasteiger partial charge in [-0.15, -0.1) is 0 Å². The third kappa shape index (κ3) is 4.73. The minimum absolute atomic E-state index is 0.0203. The summed E-state index contributed by atoms with van der Waals surface area (Å²) in [6, 6.07) is 10.3. The molecule has 1 amide bonds.